The summed E-state index contributed by atoms with van der Waals surface area (Å²) in [5.74, 6) is 0.0990. The largest absolute Gasteiger partial charge is 0.494 e. The third kappa shape index (κ3) is 3.88. The summed E-state index contributed by atoms with van der Waals surface area (Å²) in [4.78, 5) is 12.3. The number of carbonyl (C=O) groups excluding carboxylic acids is 1. The molecule has 1 heterocycles. The maximum atomic E-state index is 13.4. The first-order valence-corrected chi connectivity index (χ1v) is 8.26. The van der Waals surface area contributed by atoms with E-state index in [1.165, 1.54) is 16.9 Å². The fourth-order valence-corrected chi connectivity index (χ4v) is 2.48. The number of rotatable bonds is 6. The van der Waals surface area contributed by atoms with Crippen LogP contribution in [0.3, 0.4) is 0 Å². The van der Waals surface area contributed by atoms with Gasteiger partial charge in [-0.05, 0) is 43.7 Å². The Bertz CT molecular complexity index is 923. The fraction of sp³-hybridized carbons (Fsp3) is 0.211. The number of hydrogen-bond acceptors (Lipinski definition) is 4. The van der Waals surface area contributed by atoms with Gasteiger partial charge in [0.1, 0.15) is 11.6 Å². The summed E-state index contributed by atoms with van der Waals surface area (Å²) >= 11 is 0. The third-order valence-electron chi connectivity index (χ3n) is 3.84. The van der Waals surface area contributed by atoms with Crippen molar-refractivity contribution in [3.8, 4) is 11.4 Å². The van der Waals surface area contributed by atoms with Gasteiger partial charge in [0.2, 0.25) is 0 Å². The smallest absolute Gasteiger partial charge is 0.273 e. The highest BCUT2D eigenvalue weighted by atomic mass is 19.1. The predicted octanol–water partition coefficient (Wildman–Crippen LogP) is 3.04. The molecule has 2 aromatic carbocycles. The Kier molecular flexibility index (Phi) is 5.26. The number of hydrogen-bond donors (Lipinski definition) is 1. The summed E-state index contributed by atoms with van der Waals surface area (Å²) in [5, 5.41) is 10.6. The van der Waals surface area contributed by atoms with Gasteiger partial charge in [0.05, 0.1) is 18.5 Å². The molecule has 3 rings (SSSR count). The predicted molar refractivity (Wildman–Crippen MR) is 94.8 cm³/mol. The zero-order valence-corrected chi connectivity index (χ0v) is 14.6. The Labute approximate surface area is 150 Å². The molecule has 0 aliphatic rings. The Hall–Kier alpha value is -3.22. The minimum absolute atomic E-state index is 0.181. The molecule has 0 aliphatic carbocycles. The molecule has 6 nitrogen and oxygen atoms in total. The highest BCUT2D eigenvalue weighted by Crippen LogP contribution is 2.18. The quantitative estimate of drug-likeness (QED) is 0.739. The number of aromatic nitrogens is 3. The van der Waals surface area contributed by atoms with Crippen LogP contribution in [0.2, 0.25) is 0 Å². The molecule has 0 saturated heterocycles. The van der Waals surface area contributed by atoms with E-state index < -0.39 is 0 Å². The van der Waals surface area contributed by atoms with Crippen LogP contribution < -0.4 is 10.1 Å². The summed E-state index contributed by atoms with van der Waals surface area (Å²) in [6.07, 6.45) is 1.51. The minimum atomic E-state index is -0.346. The first kappa shape index (κ1) is 17.6. The molecule has 0 fully saturated rings. The summed E-state index contributed by atoms with van der Waals surface area (Å²) in [6, 6.07) is 12.1. The van der Waals surface area contributed by atoms with Crippen LogP contribution in [0.4, 0.5) is 4.39 Å². The van der Waals surface area contributed by atoms with Gasteiger partial charge < -0.3 is 10.1 Å². The van der Waals surface area contributed by atoms with Gasteiger partial charge in [0.25, 0.3) is 5.91 Å². The highest BCUT2D eigenvalue weighted by molar-refractivity contribution is 5.91. The second-order valence-corrected chi connectivity index (χ2v) is 5.71. The first-order valence-electron chi connectivity index (χ1n) is 8.26. The molecule has 0 radical (unpaired) electrons. The molecule has 134 valence electrons. The van der Waals surface area contributed by atoms with Gasteiger partial charge in [0.15, 0.2) is 5.69 Å². The number of ether oxygens (including phenoxy) is 1. The van der Waals surface area contributed by atoms with Crippen LogP contribution in [-0.4, -0.2) is 27.5 Å². The second-order valence-electron chi connectivity index (χ2n) is 5.71. The van der Waals surface area contributed by atoms with Gasteiger partial charge in [-0.1, -0.05) is 23.4 Å². The van der Waals surface area contributed by atoms with Crippen molar-refractivity contribution in [3.63, 3.8) is 0 Å². The van der Waals surface area contributed by atoms with Crippen molar-refractivity contribution in [1.29, 1.82) is 0 Å². The number of nitrogens with zero attached hydrogens (tertiary/aromatic N) is 3. The van der Waals surface area contributed by atoms with E-state index in [4.69, 9.17) is 4.74 Å². The number of nitrogens with one attached hydrogen (secondary N) is 1. The average Bonchev–Trinajstić information content (AvgIpc) is 3.13. The van der Waals surface area contributed by atoms with E-state index in [-0.39, 0.29) is 17.4 Å². The lowest BCUT2D eigenvalue weighted by Gasteiger charge is -2.10. The lowest BCUT2D eigenvalue weighted by Crippen LogP contribution is -2.23. The maximum absolute atomic E-state index is 13.4. The topological polar surface area (TPSA) is 69.0 Å². The molecular weight excluding hydrogens is 335 g/mol. The number of halogens is 1. The van der Waals surface area contributed by atoms with Crippen LogP contribution in [0.5, 0.6) is 5.75 Å². The Morgan fingerprint density at radius 3 is 2.85 bits per heavy atom. The van der Waals surface area contributed by atoms with Crippen molar-refractivity contribution in [2.45, 2.75) is 20.4 Å². The van der Waals surface area contributed by atoms with E-state index in [1.807, 2.05) is 31.2 Å². The number of para-hydroxylation sites is 1. The van der Waals surface area contributed by atoms with Crippen LogP contribution in [0, 0.1) is 12.7 Å². The summed E-state index contributed by atoms with van der Waals surface area (Å²) in [5.41, 5.74) is 2.19. The van der Waals surface area contributed by atoms with Crippen molar-refractivity contribution < 1.29 is 13.9 Å². The Morgan fingerprint density at radius 1 is 1.27 bits per heavy atom. The normalized spacial score (nSPS) is 10.6. The standard InChI is InChI=1S/C19H19FN4O2/c1-3-26-18-7-5-4-6-14(18)11-21-19(25)17-12-24(23-22-17)15-8-9-16(20)13(2)10-15/h4-10,12H,3,11H2,1-2H3,(H,21,25). The molecule has 1 amide bonds. The van der Waals surface area contributed by atoms with E-state index >= 15 is 0 Å². The first-order chi connectivity index (χ1) is 12.6. The van der Waals surface area contributed by atoms with Gasteiger partial charge in [0, 0.05) is 12.1 Å². The van der Waals surface area contributed by atoms with Crippen LogP contribution in [0.15, 0.2) is 48.7 Å². The fourth-order valence-electron chi connectivity index (χ4n) is 2.48. The number of benzene rings is 2. The molecule has 0 bridgehead atoms. The van der Waals surface area contributed by atoms with Crippen LogP contribution in [-0.2, 0) is 6.54 Å². The lowest BCUT2D eigenvalue weighted by molar-refractivity contribution is 0.0945. The number of aryl methyl sites for hydroxylation is 1. The zero-order valence-electron chi connectivity index (χ0n) is 14.6. The Balaban J connectivity index is 1.70. The summed E-state index contributed by atoms with van der Waals surface area (Å²) in [6.45, 7) is 4.44. The van der Waals surface area contributed by atoms with Crippen molar-refractivity contribution >= 4 is 5.91 Å². The molecule has 0 atom stereocenters. The summed E-state index contributed by atoms with van der Waals surface area (Å²) in [7, 11) is 0. The van der Waals surface area contributed by atoms with Crippen LogP contribution in [0.25, 0.3) is 5.69 Å². The number of amides is 1. The van der Waals surface area contributed by atoms with E-state index in [9.17, 15) is 9.18 Å². The lowest BCUT2D eigenvalue weighted by atomic mass is 10.2. The molecule has 0 aliphatic heterocycles. The van der Waals surface area contributed by atoms with Crippen LogP contribution >= 0.6 is 0 Å². The van der Waals surface area contributed by atoms with E-state index in [1.54, 1.807) is 19.1 Å². The molecule has 1 aromatic heterocycles. The molecule has 7 heteroatoms. The van der Waals surface area contributed by atoms with E-state index in [0.29, 0.717) is 24.4 Å². The molecule has 1 N–H and O–H groups in total. The van der Waals surface area contributed by atoms with Crippen LogP contribution in [0.1, 0.15) is 28.5 Å². The monoisotopic (exact) mass is 354 g/mol. The minimum Gasteiger partial charge on any atom is -0.494 e. The van der Waals surface area contributed by atoms with Crippen molar-refractivity contribution in [2.75, 3.05) is 6.61 Å². The zero-order chi connectivity index (χ0) is 18.5. The summed E-state index contributed by atoms with van der Waals surface area (Å²) < 4.78 is 20.4. The number of carbonyl (C=O) groups is 1. The van der Waals surface area contributed by atoms with E-state index in [0.717, 1.165) is 11.3 Å². The highest BCUT2D eigenvalue weighted by Gasteiger charge is 2.13. The maximum Gasteiger partial charge on any atom is 0.273 e. The molecule has 0 spiro atoms. The van der Waals surface area contributed by atoms with Crippen molar-refractivity contribution in [2.24, 2.45) is 0 Å². The molecule has 0 saturated carbocycles. The van der Waals surface area contributed by atoms with Gasteiger partial charge in [-0.25, -0.2) is 9.07 Å². The Morgan fingerprint density at radius 2 is 2.08 bits per heavy atom. The van der Waals surface area contributed by atoms with Gasteiger partial charge in [-0.3, -0.25) is 4.79 Å². The third-order valence-corrected chi connectivity index (χ3v) is 3.84. The average molecular weight is 354 g/mol. The van der Waals surface area contributed by atoms with Crippen molar-refractivity contribution in [1.82, 2.24) is 20.3 Å². The second kappa shape index (κ2) is 7.77. The van der Waals surface area contributed by atoms with Gasteiger partial charge >= 0.3 is 0 Å². The molecular formula is C19H19FN4O2. The van der Waals surface area contributed by atoms with E-state index in [2.05, 4.69) is 15.6 Å². The SMILES string of the molecule is CCOc1ccccc1CNC(=O)c1cn(-c2ccc(F)c(C)c2)nn1. The molecule has 3 aromatic rings. The van der Waals surface area contributed by atoms with Gasteiger partial charge in [-0.2, -0.15) is 0 Å². The van der Waals surface area contributed by atoms with Crippen molar-refractivity contribution in [3.05, 3.63) is 71.3 Å². The molecule has 26 heavy (non-hydrogen) atoms. The molecule has 0 unspecified atom stereocenters. The van der Waals surface area contributed by atoms with Gasteiger partial charge in [-0.15, -0.1) is 5.10 Å².